The van der Waals surface area contributed by atoms with Crippen LogP contribution >= 0.6 is 15.9 Å². The maximum Gasteiger partial charge on any atom is 0.00368 e. The summed E-state index contributed by atoms with van der Waals surface area (Å²) in [4.78, 5) is 0. The van der Waals surface area contributed by atoms with Crippen LogP contribution in [-0.4, -0.2) is 5.33 Å². The van der Waals surface area contributed by atoms with Crippen molar-refractivity contribution in [3.63, 3.8) is 0 Å². The fourth-order valence-electron chi connectivity index (χ4n) is 0.290. The molecule has 42 valence electrons. The topological polar surface area (TPSA) is 0 Å². The zero-order valence-corrected chi connectivity index (χ0v) is 6.24. The van der Waals surface area contributed by atoms with E-state index in [1.54, 1.807) is 0 Å². The summed E-state index contributed by atoms with van der Waals surface area (Å²) in [6.07, 6.45) is 3.17. The molecule has 0 aromatic carbocycles. The average molecular weight is 163 g/mol. The van der Waals surface area contributed by atoms with Crippen LogP contribution in [0.4, 0.5) is 0 Å². The number of hydrogen-bond acceptors (Lipinski definition) is 0. The minimum absolute atomic E-state index is 0.666. The first-order valence-corrected chi connectivity index (χ1v) is 3.62. The van der Waals surface area contributed by atoms with Gasteiger partial charge in [-0.2, -0.15) is 0 Å². The zero-order chi connectivity index (χ0) is 5.70. The third-order valence-electron chi connectivity index (χ3n) is 0.967. The summed E-state index contributed by atoms with van der Waals surface area (Å²) in [5, 5.41) is 1.08. The Labute approximate surface area is 53.7 Å². The molecular weight excluding hydrogens is 152 g/mol. The summed E-state index contributed by atoms with van der Waals surface area (Å²) in [6.45, 7) is 5.82. The lowest BCUT2D eigenvalue weighted by Crippen LogP contribution is -1.87. The van der Waals surface area contributed by atoms with Crippen molar-refractivity contribution >= 4 is 15.9 Å². The predicted molar refractivity (Wildman–Crippen MR) is 37.8 cm³/mol. The summed E-state index contributed by atoms with van der Waals surface area (Å²) in [6, 6.07) is 0. The molecule has 0 aliphatic rings. The van der Waals surface area contributed by atoms with E-state index in [1.807, 2.05) is 6.08 Å². The normalized spacial score (nSPS) is 13.4. The largest absolute Gasteiger partial charge is 0.103 e. The minimum atomic E-state index is 0.666. The van der Waals surface area contributed by atoms with Gasteiger partial charge < -0.3 is 0 Å². The molecule has 0 spiro atoms. The highest BCUT2D eigenvalue weighted by Gasteiger charge is 1.90. The monoisotopic (exact) mass is 162 g/mol. The summed E-state index contributed by atoms with van der Waals surface area (Å²) in [5.41, 5.74) is 0. The lowest BCUT2D eigenvalue weighted by Gasteiger charge is -1.97. The molecule has 1 atom stereocenters. The molecule has 0 nitrogen and oxygen atoms in total. The predicted octanol–water partition coefficient (Wildman–Crippen LogP) is 2.59. The molecule has 0 aliphatic heterocycles. The molecule has 0 unspecified atom stereocenters. The molecule has 7 heavy (non-hydrogen) atoms. The van der Waals surface area contributed by atoms with Gasteiger partial charge in [0.15, 0.2) is 0 Å². The van der Waals surface area contributed by atoms with Crippen molar-refractivity contribution in [2.75, 3.05) is 5.33 Å². The van der Waals surface area contributed by atoms with Crippen molar-refractivity contribution in [3.05, 3.63) is 12.7 Å². The molecule has 0 aliphatic carbocycles. The molecule has 0 aromatic heterocycles. The van der Waals surface area contributed by atoms with E-state index in [9.17, 15) is 0 Å². The molecule has 0 fully saturated rings. The smallest absolute Gasteiger partial charge is 0.00368 e. The fourth-order valence-corrected chi connectivity index (χ4v) is 1.01. The number of allylic oxidation sites excluding steroid dienone is 1. The van der Waals surface area contributed by atoms with Gasteiger partial charge in [0.2, 0.25) is 0 Å². The van der Waals surface area contributed by atoms with Gasteiger partial charge >= 0.3 is 0 Å². The number of hydrogen-bond donors (Lipinski definition) is 0. The first-order chi connectivity index (χ1) is 3.31. The van der Waals surface area contributed by atoms with Crippen molar-refractivity contribution in [1.82, 2.24) is 0 Å². The van der Waals surface area contributed by atoms with E-state index in [4.69, 9.17) is 0 Å². The standard InChI is InChI=1S/C6H11Br/c1-3-6(2)4-5-7/h3,6H,1,4-5H2,2H3/t6-/m1/s1. The summed E-state index contributed by atoms with van der Waals surface area (Å²) < 4.78 is 0. The Morgan fingerprint density at radius 3 is 2.57 bits per heavy atom. The molecular formula is C6H11Br. The first-order valence-electron chi connectivity index (χ1n) is 2.49. The Bertz CT molecular complexity index is 50.1. The number of alkyl halides is 1. The van der Waals surface area contributed by atoms with Crippen molar-refractivity contribution in [2.24, 2.45) is 5.92 Å². The van der Waals surface area contributed by atoms with Gasteiger partial charge in [-0.1, -0.05) is 28.9 Å². The third kappa shape index (κ3) is 4.07. The van der Waals surface area contributed by atoms with Crippen molar-refractivity contribution in [1.29, 1.82) is 0 Å². The van der Waals surface area contributed by atoms with Crippen molar-refractivity contribution < 1.29 is 0 Å². The lowest BCUT2D eigenvalue weighted by atomic mass is 10.1. The van der Waals surface area contributed by atoms with E-state index < -0.39 is 0 Å². The van der Waals surface area contributed by atoms with E-state index in [0.717, 1.165) is 5.33 Å². The summed E-state index contributed by atoms with van der Waals surface area (Å²) in [7, 11) is 0. The average Bonchev–Trinajstić information content (AvgIpc) is 1.68. The summed E-state index contributed by atoms with van der Waals surface area (Å²) >= 11 is 3.34. The van der Waals surface area contributed by atoms with Crippen LogP contribution in [0.25, 0.3) is 0 Å². The van der Waals surface area contributed by atoms with Gasteiger partial charge in [-0.25, -0.2) is 0 Å². The molecule has 0 heterocycles. The molecule has 0 bridgehead atoms. The van der Waals surface area contributed by atoms with E-state index >= 15 is 0 Å². The second kappa shape index (κ2) is 4.38. The summed E-state index contributed by atoms with van der Waals surface area (Å²) in [5.74, 6) is 0.666. The van der Waals surface area contributed by atoms with Gasteiger partial charge in [0.25, 0.3) is 0 Å². The van der Waals surface area contributed by atoms with Crippen LogP contribution in [0.15, 0.2) is 12.7 Å². The minimum Gasteiger partial charge on any atom is -0.103 e. The molecule has 0 radical (unpaired) electrons. The van der Waals surface area contributed by atoms with Crippen LogP contribution in [0.2, 0.25) is 0 Å². The first kappa shape index (κ1) is 7.22. The van der Waals surface area contributed by atoms with Gasteiger partial charge in [-0.05, 0) is 12.3 Å². The molecule has 0 N–H and O–H groups in total. The maximum absolute atomic E-state index is 3.66. The van der Waals surface area contributed by atoms with E-state index in [0.29, 0.717) is 5.92 Å². The van der Waals surface area contributed by atoms with E-state index in [2.05, 4.69) is 29.4 Å². The second-order valence-corrected chi connectivity index (χ2v) is 2.48. The van der Waals surface area contributed by atoms with Gasteiger partial charge in [-0.15, -0.1) is 6.58 Å². The van der Waals surface area contributed by atoms with E-state index in [-0.39, 0.29) is 0 Å². The Kier molecular flexibility index (Phi) is 4.52. The highest BCUT2D eigenvalue weighted by molar-refractivity contribution is 9.09. The molecule has 1 heteroatoms. The van der Waals surface area contributed by atoms with Gasteiger partial charge in [-0.3, -0.25) is 0 Å². The molecule has 0 saturated carbocycles. The van der Waals surface area contributed by atoms with Crippen molar-refractivity contribution in [2.45, 2.75) is 13.3 Å². The third-order valence-corrected chi connectivity index (χ3v) is 1.42. The molecule has 0 aromatic rings. The van der Waals surface area contributed by atoms with Crippen LogP contribution < -0.4 is 0 Å². The molecule has 0 amide bonds. The highest BCUT2D eigenvalue weighted by atomic mass is 79.9. The molecule has 0 saturated heterocycles. The van der Waals surface area contributed by atoms with Crippen LogP contribution in [0.3, 0.4) is 0 Å². The zero-order valence-electron chi connectivity index (χ0n) is 4.65. The number of halogens is 1. The lowest BCUT2D eigenvalue weighted by molar-refractivity contribution is 0.710. The van der Waals surface area contributed by atoms with Crippen LogP contribution in [0.1, 0.15) is 13.3 Å². The highest BCUT2D eigenvalue weighted by Crippen LogP contribution is 2.03. The van der Waals surface area contributed by atoms with Crippen LogP contribution in [0, 0.1) is 5.92 Å². The Balaban J connectivity index is 2.98. The van der Waals surface area contributed by atoms with Crippen molar-refractivity contribution in [3.8, 4) is 0 Å². The van der Waals surface area contributed by atoms with E-state index in [1.165, 1.54) is 6.42 Å². The Morgan fingerprint density at radius 1 is 1.86 bits per heavy atom. The fraction of sp³-hybridized carbons (Fsp3) is 0.667. The van der Waals surface area contributed by atoms with Gasteiger partial charge in [0.05, 0.1) is 0 Å². The SMILES string of the molecule is C=C[C@@H](C)CCBr. The van der Waals surface area contributed by atoms with Crippen LogP contribution in [0.5, 0.6) is 0 Å². The second-order valence-electron chi connectivity index (χ2n) is 1.69. The maximum atomic E-state index is 3.66. The quantitative estimate of drug-likeness (QED) is 0.443. The van der Waals surface area contributed by atoms with Crippen LogP contribution in [-0.2, 0) is 0 Å². The Hall–Kier alpha value is 0.220. The molecule has 0 rings (SSSR count). The number of rotatable bonds is 3. The van der Waals surface area contributed by atoms with Gasteiger partial charge in [0.1, 0.15) is 0 Å². The van der Waals surface area contributed by atoms with Gasteiger partial charge in [0, 0.05) is 5.33 Å². The Morgan fingerprint density at radius 2 is 2.43 bits per heavy atom.